The fourth-order valence-electron chi connectivity index (χ4n) is 2.84. The van der Waals surface area contributed by atoms with Crippen LogP contribution in [0.15, 0.2) is 48.5 Å². The molecule has 0 bridgehead atoms. The maximum atomic E-state index is 12.5. The highest BCUT2D eigenvalue weighted by atomic mass is 19.4. The van der Waals surface area contributed by atoms with E-state index in [4.69, 9.17) is 0 Å². The van der Waals surface area contributed by atoms with E-state index in [1.807, 2.05) is 0 Å². The first kappa shape index (κ1) is 18.8. The number of carbonyl (C=O) groups is 2. The molecule has 3 amide bonds. The van der Waals surface area contributed by atoms with Gasteiger partial charge in [0, 0.05) is 30.0 Å². The number of halogens is 3. The Morgan fingerprint density at radius 2 is 1.44 bits per heavy atom. The van der Waals surface area contributed by atoms with Crippen molar-refractivity contribution in [2.24, 2.45) is 0 Å². The molecular formula is C19H18F3N3O2. The number of alkyl halides is 3. The van der Waals surface area contributed by atoms with Gasteiger partial charge in [0.05, 0.1) is 5.56 Å². The Bertz CT molecular complexity index is 818. The minimum atomic E-state index is -4.42. The lowest BCUT2D eigenvalue weighted by atomic mass is 10.1. The van der Waals surface area contributed by atoms with E-state index in [2.05, 4.69) is 10.6 Å². The minimum absolute atomic E-state index is 0.0852. The van der Waals surface area contributed by atoms with Gasteiger partial charge in [-0.2, -0.15) is 13.2 Å². The van der Waals surface area contributed by atoms with Gasteiger partial charge in [-0.1, -0.05) is 0 Å². The average molecular weight is 377 g/mol. The van der Waals surface area contributed by atoms with Crippen molar-refractivity contribution in [3.63, 3.8) is 0 Å². The molecule has 1 aliphatic rings. The van der Waals surface area contributed by atoms with Gasteiger partial charge in [0.1, 0.15) is 0 Å². The summed E-state index contributed by atoms with van der Waals surface area (Å²) in [6, 6.07) is 10.4. The van der Waals surface area contributed by atoms with Crippen LogP contribution >= 0.6 is 0 Å². The van der Waals surface area contributed by atoms with Crippen molar-refractivity contribution in [2.45, 2.75) is 25.4 Å². The molecule has 2 N–H and O–H groups in total. The largest absolute Gasteiger partial charge is 0.416 e. The molecule has 8 heteroatoms. The smallest absolute Gasteiger partial charge is 0.312 e. The molecule has 1 fully saturated rings. The van der Waals surface area contributed by atoms with Crippen LogP contribution in [0.2, 0.25) is 0 Å². The van der Waals surface area contributed by atoms with Gasteiger partial charge < -0.3 is 15.5 Å². The second kappa shape index (κ2) is 7.69. The van der Waals surface area contributed by atoms with E-state index in [0.29, 0.717) is 18.7 Å². The average Bonchev–Trinajstić information content (AvgIpc) is 2.62. The van der Waals surface area contributed by atoms with Gasteiger partial charge in [-0.05, 0) is 61.4 Å². The SMILES string of the molecule is O=C(Nc1ccc(N2CCCCC2=O)cc1)Nc1ccc(C(F)(F)F)cc1. The lowest BCUT2D eigenvalue weighted by Gasteiger charge is -2.26. The van der Waals surface area contributed by atoms with Crippen LogP contribution in [0.3, 0.4) is 0 Å². The predicted molar refractivity (Wildman–Crippen MR) is 96.7 cm³/mol. The monoisotopic (exact) mass is 377 g/mol. The number of nitrogens with zero attached hydrogens (tertiary/aromatic N) is 1. The summed E-state index contributed by atoms with van der Waals surface area (Å²) in [4.78, 5) is 25.6. The molecule has 0 saturated carbocycles. The molecule has 3 rings (SSSR count). The summed E-state index contributed by atoms with van der Waals surface area (Å²) in [6.07, 6.45) is -2.02. The van der Waals surface area contributed by atoms with Gasteiger partial charge >= 0.3 is 12.2 Å². The zero-order valence-corrected chi connectivity index (χ0v) is 14.3. The minimum Gasteiger partial charge on any atom is -0.312 e. The van der Waals surface area contributed by atoms with Gasteiger partial charge in [0.15, 0.2) is 0 Å². The fourth-order valence-corrected chi connectivity index (χ4v) is 2.84. The maximum absolute atomic E-state index is 12.5. The number of hydrogen-bond acceptors (Lipinski definition) is 2. The molecule has 27 heavy (non-hydrogen) atoms. The molecule has 0 aliphatic carbocycles. The molecule has 1 aliphatic heterocycles. The van der Waals surface area contributed by atoms with Crippen molar-refractivity contribution in [3.8, 4) is 0 Å². The van der Waals surface area contributed by atoms with Gasteiger partial charge in [-0.25, -0.2) is 4.79 Å². The molecule has 2 aromatic rings. The van der Waals surface area contributed by atoms with Crippen LogP contribution in [0.4, 0.5) is 35.0 Å². The zero-order valence-electron chi connectivity index (χ0n) is 14.3. The van der Waals surface area contributed by atoms with Crippen molar-refractivity contribution < 1.29 is 22.8 Å². The van der Waals surface area contributed by atoms with E-state index in [1.54, 1.807) is 29.2 Å². The molecule has 1 heterocycles. The third-order valence-corrected chi connectivity index (χ3v) is 4.23. The Morgan fingerprint density at radius 1 is 0.889 bits per heavy atom. The topological polar surface area (TPSA) is 61.4 Å². The van der Waals surface area contributed by atoms with Gasteiger partial charge in [-0.15, -0.1) is 0 Å². The van der Waals surface area contributed by atoms with Crippen LogP contribution in [0.5, 0.6) is 0 Å². The number of benzene rings is 2. The Balaban J connectivity index is 1.58. The van der Waals surface area contributed by atoms with Crippen molar-refractivity contribution in [1.29, 1.82) is 0 Å². The van der Waals surface area contributed by atoms with E-state index in [-0.39, 0.29) is 11.6 Å². The number of nitrogens with one attached hydrogen (secondary N) is 2. The molecular weight excluding hydrogens is 359 g/mol. The first-order valence-corrected chi connectivity index (χ1v) is 8.48. The fraction of sp³-hybridized carbons (Fsp3) is 0.263. The maximum Gasteiger partial charge on any atom is 0.416 e. The van der Waals surface area contributed by atoms with E-state index < -0.39 is 17.8 Å². The highest BCUT2D eigenvalue weighted by Gasteiger charge is 2.30. The van der Waals surface area contributed by atoms with Crippen molar-refractivity contribution in [1.82, 2.24) is 0 Å². The van der Waals surface area contributed by atoms with Gasteiger partial charge in [0.2, 0.25) is 5.91 Å². The van der Waals surface area contributed by atoms with E-state index in [1.165, 1.54) is 12.1 Å². The van der Waals surface area contributed by atoms with Crippen LogP contribution < -0.4 is 15.5 Å². The number of piperidine rings is 1. The number of urea groups is 1. The van der Waals surface area contributed by atoms with Crippen LogP contribution in [0, 0.1) is 0 Å². The van der Waals surface area contributed by atoms with Crippen molar-refractivity contribution in [3.05, 3.63) is 54.1 Å². The summed E-state index contributed by atoms with van der Waals surface area (Å²) in [7, 11) is 0. The first-order chi connectivity index (χ1) is 12.8. The Kier molecular flexibility index (Phi) is 5.34. The van der Waals surface area contributed by atoms with Crippen molar-refractivity contribution in [2.75, 3.05) is 22.1 Å². The number of amides is 3. The number of rotatable bonds is 3. The quantitative estimate of drug-likeness (QED) is 0.802. The standard InChI is InChI=1S/C19H18F3N3O2/c20-19(21,22)13-4-6-14(7-5-13)23-18(27)24-15-8-10-16(11-9-15)25-12-2-1-3-17(25)26/h4-11H,1-3,12H2,(H2,23,24,27). The van der Waals surface area contributed by atoms with Gasteiger partial charge in [-0.3, -0.25) is 4.79 Å². The van der Waals surface area contributed by atoms with Gasteiger partial charge in [0.25, 0.3) is 0 Å². The van der Waals surface area contributed by atoms with Crippen molar-refractivity contribution >= 4 is 29.0 Å². The summed E-state index contributed by atoms with van der Waals surface area (Å²) >= 11 is 0. The third-order valence-electron chi connectivity index (χ3n) is 4.23. The highest BCUT2D eigenvalue weighted by molar-refractivity contribution is 6.00. The first-order valence-electron chi connectivity index (χ1n) is 8.48. The number of hydrogen-bond donors (Lipinski definition) is 2. The van der Waals surface area contributed by atoms with E-state index in [9.17, 15) is 22.8 Å². The summed E-state index contributed by atoms with van der Waals surface area (Å²) in [5.74, 6) is 0.0852. The normalized spacial score (nSPS) is 14.8. The summed E-state index contributed by atoms with van der Waals surface area (Å²) < 4.78 is 37.6. The summed E-state index contributed by atoms with van der Waals surface area (Å²) in [6.45, 7) is 0.681. The molecule has 0 aromatic heterocycles. The molecule has 1 saturated heterocycles. The van der Waals surface area contributed by atoms with Crippen LogP contribution in [0.1, 0.15) is 24.8 Å². The lowest BCUT2D eigenvalue weighted by molar-refractivity contribution is -0.137. The second-order valence-electron chi connectivity index (χ2n) is 6.20. The molecule has 2 aromatic carbocycles. The summed E-state index contributed by atoms with van der Waals surface area (Å²) in [5, 5.41) is 5.07. The highest BCUT2D eigenvalue weighted by Crippen LogP contribution is 2.30. The molecule has 0 atom stereocenters. The third kappa shape index (κ3) is 4.78. The molecule has 142 valence electrons. The lowest BCUT2D eigenvalue weighted by Crippen LogP contribution is -2.35. The van der Waals surface area contributed by atoms with Crippen LogP contribution in [0.25, 0.3) is 0 Å². The molecule has 0 spiro atoms. The predicted octanol–water partition coefficient (Wildman–Crippen LogP) is 4.87. The van der Waals surface area contributed by atoms with Crippen LogP contribution in [-0.4, -0.2) is 18.5 Å². The van der Waals surface area contributed by atoms with E-state index in [0.717, 1.165) is 30.7 Å². The molecule has 0 radical (unpaired) electrons. The number of carbonyl (C=O) groups excluding carboxylic acids is 2. The van der Waals surface area contributed by atoms with Crippen LogP contribution in [-0.2, 0) is 11.0 Å². The zero-order chi connectivity index (χ0) is 19.4. The Labute approximate surface area is 154 Å². The Hall–Kier alpha value is -3.03. The number of anilines is 3. The van der Waals surface area contributed by atoms with E-state index >= 15 is 0 Å². The second-order valence-corrected chi connectivity index (χ2v) is 6.20. The summed E-state index contributed by atoms with van der Waals surface area (Å²) in [5.41, 5.74) is 0.744. The molecule has 5 nitrogen and oxygen atoms in total. The Morgan fingerprint density at radius 3 is 1.96 bits per heavy atom. The molecule has 0 unspecified atom stereocenters.